The van der Waals surface area contributed by atoms with E-state index < -0.39 is 15.9 Å². The number of nitrogens with one attached hydrogen (secondary N) is 2. The standard InChI is InChI=1S/C32H42ClN5O5S/c1-32(2,3)21-16-25(29(42-6)26(17-21)36-44(7,40)41)35-31(39)19-8-9-24(33)27(15-19)43-28-20-14-23(28)30(34-18-20)38(5)22-10-12-37(4)13-11-22/h8-9,15-18,22-23,28,36H,10-14H2,1-7H3,(H,35,39). The fraction of sp³-hybridized carbons (Fsp3) is 0.500. The molecule has 1 amide bonds. The first-order chi connectivity index (χ1) is 20.6. The number of hydrogen-bond acceptors (Lipinski definition) is 8. The van der Waals surface area contributed by atoms with Crippen LogP contribution in [0, 0.1) is 5.92 Å². The van der Waals surface area contributed by atoms with Crippen molar-refractivity contribution in [3.05, 3.63) is 58.3 Å². The number of sulfonamides is 1. The average Bonchev–Trinajstić information content (AvgIpc) is 2.95. The van der Waals surface area contributed by atoms with Crippen LogP contribution in [0.1, 0.15) is 56.0 Å². The van der Waals surface area contributed by atoms with E-state index >= 15 is 0 Å². The van der Waals surface area contributed by atoms with Crippen LogP contribution < -0.4 is 19.5 Å². The molecule has 2 aromatic carbocycles. The van der Waals surface area contributed by atoms with Gasteiger partial charge < -0.3 is 24.6 Å². The molecule has 3 aliphatic rings. The minimum absolute atomic E-state index is 0.123. The molecule has 2 atom stereocenters. The summed E-state index contributed by atoms with van der Waals surface area (Å²) in [6, 6.07) is 8.87. The molecule has 2 heterocycles. The molecule has 10 nitrogen and oxygen atoms in total. The van der Waals surface area contributed by atoms with Crippen LogP contribution in [0.3, 0.4) is 0 Å². The molecule has 2 aromatic rings. The number of rotatable bonds is 8. The Morgan fingerprint density at radius 3 is 2.43 bits per heavy atom. The van der Waals surface area contributed by atoms with E-state index in [1.165, 1.54) is 7.11 Å². The minimum Gasteiger partial charge on any atom is -0.492 e. The highest BCUT2D eigenvalue weighted by Gasteiger charge is 2.46. The SMILES string of the molecule is COc1c(NC(=O)c2ccc(Cl)c(OC3C4=CN=C(N(C)C5CCN(C)CC5)C3C4)c2)cc(C(C)(C)C)cc1NS(C)(=O)=O. The van der Waals surface area contributed by atoms with Crippen molar-refractivity contribution < 1.29 is 22.7 Å². The number of carbonyl (C=O) groups excluding carboxylic acids is 1. The number of anilines is 2. The highest BCUT2D eigenvalue weighted by atomic mass is 35.5. The quantitative estimate of drug-likeness (QED) is 0.398. The van der Waals surface area contributed by atoms with Crippen LogP contribution in [0.4, 0.5) is 11.4 Å². The van der Waals surface area contributed by atoms with Crippen LogP contribution >= 0.6 is 11.6 Å². The molecule has 5 rings (SSSR count). The number of aliphatic imine (C=N–C) groups is 1. The Bertz CT molecular complexity index is 1610. The number of nitrogens with zero attached hydrogens (tertiary/aromatic N) is 3. The maximum Gasteiger partial charge on any atom is 0.255 e. The molecule has 1 saturated carbocycles. The molecule has 0 aromatic heterocycles. The van der Waals surface area contributed by atoms with E-state index in [4.69, 9.17) is 26.1 Å². The van der Waals surface area contributed by atoms with Crippen molar-refractivity contribution in [1.82, 2.24) is 9.80 Å². The number of fused-ring (bicyclic) bond motifs is 2. The molecule has 2 aliphatic heterocycles. The summed E-state index contributed by atoms with van der Waals surface area (Å²) >= 11 is 6.57. The first-order valence-electron chi connectivity index (χ1n) is 14.8. The number of likely N-dealkylation sites (tertiary alicyclic amines) is 1. The number of carbonyl (C=O) groups is 1. The molecule has 2 N–H and O–H groups in total. The molecule has 1 aliphatic carbocycles. The molecule has 1 saturated heterocycles. The zero-order valence-corrected chi connectivity index (χ0v) is 28.0. The maximum absolute atomic E-state index is 13.6. The fourth-order valence-electron chi connectivity index (χ4n) is 5.97. The summed E-state index contributed by atoms with van der Waals surface area (Å²) in [5.41, 5.74) is 2.50. The molecule has 2 fully saturated rings. The van der Waals surface area contributed by atoms with Gasteiger partial charge in [-0.05, 0) is 86.3 Å². The lowest BCUT2D eigenvalue weighted by Crippen LogP contribution is -2.54. The summed E-state index contributed by atoms with van der Waals surface area (Å²) in [4.78, 5) is 23.0. The maximum atomic E-state index is 13.6. The second-order valence-corrected chi connectivity index (χ2v) is 15.2. The number of amidine groups is 1. The molecule has 2 unspecified atom stereocenters. The van der Waals surface area contributed by atoms with Crippen LogP contribution in [0.2, 0.25) is 5.02 Å². The lowest BCUT2D eigenvalue weighted by molar-refractivity contribution is 0.102. The van der Waals surface area contributed by atoms with E-state index in [2.05, 4.69) is 33.9 Å². The van der Waals surface area contributed by atoms with E-state index in [1.54, 1.807) is 30.3 Å². The summed E-state index contributed by atoms with van der Waals surface area (Å²) in [5.74, 6) is 1.36. The molecule has 2 bridgehead atoms. The number of halogens is 1. The van der Waals surface area contributed by atoms with Gasteiger partial charge in [-0.25, -0.2) is 13.4 Å². The van der Waals surface area contributed by atoms with E-state index in [9.17, 15) is 13.2 Å². The first kappa shape index (κ1) is 32.1. The van der Waals surface area contributed by atoms with Gasteiger partial charge in [0.15, 0.2) is 5.75 Å². The van der Waals surface area contributed by atoms with E-state index in [-0.39, 0.29) is 28.9 Å². The van der Waals surface area contributed by atoms with E-state index in [0.29, 0.717) is 28.1 Å². The van der Waals surface area contributed by atoms with Gasteiger partial charge in [0, 0.05) is 24.9 Å². The van der Waals surface area contributed by atoms with Gasteiger partial charge in [-0.2, -0.15) is 0 Å². The molecule has 0 spiro atoms. The fourth-order valence-corrected chi connectivity index (χ4v) is 6.68. The van der Waals surface area contributed by atoms with Crippen molar-refractivity contribution in [2.75, 3.05) is 50.6 Å². The van der Waals surface area contributed by atoms with Crippen LogP contribution in [0.25, 0.3) is 0 Å². The number of piperidine rings is 1. The highest BCUT2D eigenvalue weighted by Crippen LogP contribution is 2.44. The lowest BCUT2D eigenvalue weighted by Gasteiger charge is -2.47. The van der Waals surface area contributed by atoms with Crippen molar-refractivity contribution >= 4 is 44.7 Å². The second-order valence-electron chi connectivity index (χ2n) is 13.0. The third-order valence-electron chi connectivity index (χ3n) is 8.63. The molecular weight excluding hydrogens is 602 g/mol. The average molecular weight is 644 g/mol. The Hall–Kier alpha value is -3.28. The Balaban J connectivity index is 1.36. The van der Waals surface area contributed by atoms with Gasteiger partial charge in [0.25, 0.3) is 5.91 Å². The molecule has 238 valence electrons. The smallest absolute Gasteiger partial charge is 0.255 e. The summed E-state index contributed by atoms with van der Waals surface area (Å²) in [6.07, 6.45) is 5.87. The molecule has 0 radical (unpaired) electrons. The summed E-state index contributed by atoms with van der Waals surface area (Å²) < 4.78 is 38.7. The minimum atomic E-state index is -3.60. The van der Waals surface area contributed by atoms with Gasteiger partial charge in [0.2, 0.25) is 10.0 Å². The van der Waals surface area contributed by atoms with Crippen LogP contribution in [-0.2, 0) is 15.4 Å². The van der Waals surface area contributed by atoms with E-state index in [1.807, 2.05) is 27.0 Å². The van der Waals surface area contributed by atoms with Gasteiger partial charge >= 0.3 is 0 Å². The molecule has 44 heavy (non-hydrogen) atoms. The normalized spacial score (nSPS) is 20.6. The second kappa shape index (κ2) is 12.3. The largest absolute Gasteiger partial charge is 0.492 e. The number of ether oxygens (including phenoxy) is 2. The van der Waals surface area contributed by atoms with Gasteiger partial charge in [-0.15, -0.1) is 0 Å². The predicted molar refractivity (Wildman–Crippen MR) is 176 cm³/mol. The van der Waals surface area contributed by atoms with Crippen molar-refractivity contribution in [2.24, 2.45) is 10.9 Å². The Labute approximate surface area is 265 Å². The van der Waals surface area contributed by atoms with Gasteiger partial charge in [-0.1, -0.05) is 32.4 Å². The zero-order chi connectivity index (χ0) is 32.0. The monoisotopic (exact) mass is 643 g/mol. The van der Waals surface area contributed by atoms with Crippen LogP contribution in [0.15, 0.2) is 47.1 Å². The molecule has 12 heteroatoms. The lowest BCUT2D eigenvalue weighted by atomic mass is 9.74. The number of amides is 1. The van der Waals surface area contributed by atoms with Crippen LogP contribution in [0.5, 0.6) is 11.5 Å². The topological polar surface area (TPSA) is 113 Å². The number of hydrogen-bond donors (Lipinski definition) is 2. The van der Waals surface area contributed by atoms with Gasteiger partial charge in [0.05, 0.1) is 35.7 Å². The molecular formula is C32H42ClN5O5S. The van der Waals surface area contributed by atoms with Crippen molar-refractivity contribution in [2.45, 2.75) is 57.6 Å². The van der Waals surface area contributed by atoms with Crippen molar-refractivity contribution in [3.63, 3.8) is 0 Å². The summed E-state index contributed by atoms with van der Waals surface area (Å²) in [7, 11) is 2.10. The Kier molecular flexibility index (Phi) is 8.94. The third-order valence-corrected chi connectivity index (χ3v) is 9.53. The predicted octanol–water partition coefficient (Wildman–Crippen LogP) is 5.36. The zero-order valence-electron chi connectivity index (χ0n) is 26.4. The summed E-state index contributed by atoms with van der Waals surface area (Å²) in [6.45, 7) is 8.14. The highest BCUT2D eigenvalue weighted by molar-refractivity contribution is 7.92. The third kappa shape index (κ3) is 6.84. The Morgan fingerprint density at radius 2 is 1.82 bits per heavy atom. The number of methoxy groups -OCH3 is 1. The Morgan fingerprint density at radius 1 is 1.14 bits per heavy atom. The first-order valence-corrected chi connectivity index (χ1v) is 17.1. The van der Waals surface area contributed by atoms with Gasteiger partial charge in [-0.3, -0.25) is 9.52 Å². The number of benzene rings is 2. The van der Waals surface area contributed by atoms with Crippen molar-refractivity contribution in [1.29, 1.82) is 0 Å². The summed E-state index contributed by atoms with van der Waals surface area (Å²) in [5, 5.41) is 3.31. The van der Waals surface area contributed by atoms with Gasteiger partial charge in [0.1, 0.15) is 17.7 Å². The van der Waals surface area contributed by atoms with Crippen molar-refractivity contribution in [3.8, 4) is 11.5 Å². The van der Waals surface area contributed by atoms with Crippen LogP contribution in [-0.4, -0.2) is 82.7 Å². The van der Waals surface area contributed by atoms with E-state index in [0.717, 1.165) is 55.6 Å².